The molecule has 0 unspecified atom stereocenters. The Kier molecular flexibility index (Phi) is 5.23. The lowest BCUT2D eigenvalue weighted by Crippen LogP contribution is -2.39. The molecule has 0 fully saturated rings. The van der Waals surface area contributed by atoms with Crippen molar-refractivity contribution < 1.29 is 19.7 Å². The number of nitrogens with zero attached hydrogens (tertiary/aromatic N) is 1. The largest absolute Gasteiger partial charge is 0.478 e. The Hall–Kier alpha value is -2.08. The summed E-state index contributed by atoms with van der Waals surface area (Å²) in [5.41, 5.74) is 0.0295. The fourth-order valence-electron chi connectivity index (χ4n) is 2.75. The van der Waals surface area contributed by atoms with Crippen LogP contribution in [0.4, 0.5) is 0 Å². The van der Waals surface area contributed by atoms with Crippen molar-refractivity contribution in [3.8, 4) is 16.9 Å². The number of benzene rings is 2. The predicted octanol–water partition coefficient (Wildman–Crippen LogP) is 3.32. The van der Waals surface area contributed by atoms with Crippen molar-refractivity contribution in [2.24, 2.45) is 4.99 Å². The van der Waals surface area contributed by atoms with E-state index in [0.29, 0.717) is 16.7 Å². The molecule has 26 heavy (non-hydrogen) atoms. The third-order valence-corrected chi connectivity index (χ3v) is 4.58. The van der Waals surface area contributed by atoms with E-state index in [-0.39, 0.29) is 19.8 Å². The molecule has 5 nitrogen and oxygen atoms in total. The highest BCUT2D eigenvalue weighted by Crippen LogP contribution is 2.34. The number of aliphatic hydroxyl groups excluding tert-OH is 2. The van der Waals surface area contributed by atoms with Crippen LogP contribution in [-0.4, -0.2) is 47.1 Å². The third-order valence-electron chi connectivity index (χ3n) is 4.33. The van der Waals surface area contributed by atoms with Gasteiger partial charge in [0.2, 0.25) is 5.90 Å². The monoisotopic (exact) mass is 375 g/mol. The number of aliphatic hydroxyl groups is 2. The molecule has 0 aromatic heterocycles. The van der Waals surface area contributed by atoms with Gasteiger partial charge in [-0.05, 0) is 37.6 Å². The Bertz CT molecular complexity index is 798. The van der Waals surface area contributed by atoms with Crippen molar-refractivity contribution >= 4 is 17.5 Å². The van der Waals surface area contributed by atoms with Gasteiger partial charge in [-0.3, -0.25) is 0 Å². The van der Waals surface area contributed by atoms with Crippen LogP contribution in [0.25, 0.3) is 11.1 Å². The van der Waals surface area contributed by atoms with E-state index < -0.39 is 11.1 Å². The quantitative estimate of drug-likeness (QED) is 0.812. The minimum absolute atomic E-state index is 0.126. The summed E-state index contributed by atoms with van der Waals surface area (Å²) in [6, 6.07) is 15.2. The summed E-state index contributed by atoms with van der Waals surface area (Å²) in [4.78, 5) is 4.39. The second-order valence-corrected chi connectivity index (χ2v) is 7.30. The second kappa shape index (κ2) is 7.27. The van der Waals surface area contributed by atoms with Crippen LogP contribution < -0.4 is 4.74 Å². The van der Waals surface area contributed by atoms with Gasteiger partial charge in [0, 0.05) is 10.6 Å². The lowest BCUT2D eigenvalue weighted by molar-refractivity contribution is 0.0907. The lowest BCUT2D eigenvalue weighted by atomic mass is 10.0. The first-order chi connectivity index (χ1) is 12.4. The molecule has 0 saturated carbocycles. The Balaban J connectivity index is 1.90. The van der Waals surface area contributed by atoms with E-state index in [1.54, 1.807) is 0 Å². The lowest BCUT2D eigenvalue weighted by Gasteiger charge is -2.27. The van der Waals surface area contributed by atoms with E-state index in [4.69, 9.17) is 21.1 Å². The fourth-order valence-corrected chi connectivity index (χ4v) is 2.87. The van der Waals surface area contributed by atoms with E-state index in [0.717, 1.165) is 11.1 Å². The average molecular weight is 376 g/mol. The SMILES string of the molecule is CC(C)(Oc1ccccc1-c1ccc(Cl)cc1)C1=NC(CO)(CO)CO1. The second-order valence-electron chi connectivity index (χ2n) is 6.86. The molecule has 3 rings (SSSR count). The Morgan fingerprint density at radius 2 is 1.77 bits per heavy atom. The molecule has 0 spiro atoms. The minimum Gasteiger partial charge on any atom is -0.478 e. The van der Waals surface area contributed by atoms with Gasteiger partial charge in [-0.25, -0.2) is 4.99 Å². The smallest absolute Gasteiger partial charge is 0.229 e. The highest BCUT2D eigenvalue weighted by molar-refractivity contribution is 6.30. The average Bonchev–Trinajstić information content (AvgIpc) is 3.09. The highest BCUT2D eigenvalue weighted by Gasteiger charge is 2.42. The topological polar surface area (TPSA) is 71.3 Å². The summed E-state index contributed by atoms with van der Waals surface area (Å²) in [6.07, 6.45) is 0. The predicted molar refractivity (Wildman–Crippen MR) is 102 cm³/mol. The van der Waals surface area contributed by atoms with Gasteiger partial charge in [0.1, 0.15) is 17.9 Å². The molecule has 6 heteroatoms. The molecule has 0 amide bonds. The van der Waals surface area contributed by atoms with E-state index in [9.17, 15) is 10.2 Å². The molecule has 1 aliphatic rings. The molecule has 0 aliphatic carbocycles. The first kappa shape index (κ1) is 18.7. The summed E-state index contributed by atoms with van der Waals surface area (Å²) in [6.45, 7) is 3.24. The Morgan fingerprint density at radius 1 is 1.12 bits per heavy atom. The molecular formula is C20H22ClNO4. The Morgan fingerprint density at radius 3 is 2.38 bits per heavy atom. The molecule has 2 N–H and O–H groups in total. The molecule has 1 heterocycles. The van der Waals surface area contributed by atoms with Gasteiger partial charge < -0.3 is 19.7 Å². The van der Waals surface area contributed by atoms with Gasteiger partial charge in [-0.1, -0.05) is 41.9 Å². The van der Waals surface area contributed by atoms with Crippen LogP contribution >= 0.6 is 11.6 Å². The molecular weight excluding hydrogens is 354 g/mol. The number of halogens is 1. The van der Waals surface area contributed by atoms with Crippen LogP contribution in [0.15, 0.2) is 53.5 Å². The highest BCUT2D eigenvalue weighted by atomic mass is 35.5. The third kappa shape index (κ3) is 3.70. The van der Waals surface area contributed by atoms with Crippen LogP contribution in [0.2, 0.25) is 5.02 Å². The number of hydrogen-bond acceptors (Lipinski definition) is 5. The summed E-state index contributed by atoms with van der Waals surface area (Å²) in [7, 11) is 0. The normalized spacial score (nSPS) is 16.1. The minimum atomic E-state index is -1.01. The maximum absolute atomic E-state index is 9.51. The standard InChI is InChI=1S/C20H22ClNO4/c1-19(2,18-22-20(11-23,12-24)13-25-18)26-17-6-4-3-5-16(17)14-7-9-15(21)10-8-14/h3-10,23-24H,11-13H2,1-2H3. The van der Waals surface area contributed by atoms with E-state index in [1.165, 1.54) is 0 Å². The van der Waals surface area contributed by atoms with Crippen molar-refractivity contribution in [2.45, 2.75) is 25.0 Å². The Labute approximate surface area is 157 Å². The van der Waals surface area contributed by atoms with Crippen molar-refractivity contribution in [1.29, 1.82) is 0 Å². The van der Waals surface area contributed by atoms with Crippen molar-refractivity contribution in [2.75, 3.05) is 19.8 Å². The summed E-state index contributed by atoms with van der Waals surface area (Å²) < 4.78 is 11.9. The summed E-state index contributed by atoms with van der Waals surface area (Å²) in [5, 5.41) is 19.7. The van der Waals surface area contributed by atoms with Gasteiger partial charge in [0.05, 0.1) is 13.2 Å². The molecule has 0 saturated heterocycles. The first-order valence-corrected chi connectivity index (χ1v) is 8.76. The molecule has 1 aliphatic heterocycles. The molecule has 0 radical (unpaired) electrons. The van der Waals surface area contributed by atoms with E-state index in [2.05, 4.69) is 4.99 Å². The number of hydrogen-bond donors (Lipinski definition) is 2. The van der Waals surface area contributed by atoms with Crippen LogP contribution in [0.1, 0.15) is 13.8 Å². The fraction of sp³-hybridized carbons (Fsp3) is 0.350. The van der Waals surface area contributed by atoms with Crippen LogP contribution in [0.3, 0.4) is 0 Å². The number of aliphatic imine (C=N–C) groups is 1. The summed E-state index contributed by atoms with van der Waals surface area (Å²) in [5.74, 6) is 1.03. The van der Waals surface area contributed by atoms with Gasteiger partial charge in [0.15, 0.2) is 5.60 Å². The molecule has 2 aromatic carbocycles. The molecule has 2 aromatic rings. The van der Waals surface area contributed by atoms with Crippen molar-refractivity contribution in [3.05, 3.63) is 53.6 Å². The maximum atomic E-state index is 9.51. The van der Waals surface area contributed by atoms with Crippen LogP contribution in [0.5, 0.6) is 5.75 Å². The van der Waals surface area contributed by atoms with Crippen LogP contribution in [0, 0.1) is 0 Å². The number of rotatable bonds is 6. The van der Waals surface area contributed by atoms with Gasteiger partial charge in [-0.2, -0.15) is 0 Å². The van der Waals surface area contributed by atoms with Gasteiger partial charge in [-0.15, -0.1) is 0 Å². The summed E-state index contributed by atoms with van der Waals surface area (Å²) >= 11 is 5.98. The van der Waals surface area contributed by atoms with E-state index in [1.807, 2.05) is 62.4 Å². The van der Waals surface area contributed by atoms with Crippen molar-refractivity contribution in [3.63, 3.8) is 0 Å². The maximum Gasteiger partial charge on any atom is 0.229 e. The zero-order chi connectivity index (χ0) is 18.8. The molecule has 138 valence electrons. The zero-order valence-electron chi connectivity index (χ0n) is 14.8. The molecule has 0 bridgehead atoms. The molecule has 0 atom stereocenters. The number of ether oxygens (including phenoxy) is 2. The van der Waals surface area contributed by atoms with Gasteiger partial charge in [0.25, 0.3) is 0 Å². The number of para-hydroxylation sites is 1. The van der Waals surface area contributed by atoms with Crippen molar-refractivity contribution in [1.82, 2.24) is 0 Å². The van der Waals surface area contributed by atoms with Gasteiger partial charge >= 0.3 is 0 Å². The first-order valence-electron chi connectivity index (χ1n) is 8.38. The van der Waals surface area contributed by atoms with E-state index >= 15 is 0 Å². The van der Waals surface area contributed by atoms with Crippen LogP contribution in [-0.2, 0) is 4.74 Å². The zero-order valence-corrected chi connectivity index (χ0v) is 15.5.